The second-order valence-corrected chi connectivity index (χ2v) is 5.30. The fourth-order valence-corrected chi connectivity index (χ4v) is 3.05. The van der Waals surface area contributed by atoms with Gasteiger partial charge in [0.05, 0.1) is 0 Å². The molecule has 2 heterocycles. The summed E-state index contributed by atoms with van der Waals surface area (Å²) in [5.41, 5.74) is 8.90. The summed E-state index contributed by atoms with van der Waals surface area (Å²) in [6, 6.07) is 8.48. The van der Waals surface area contributed by atoms with Crippen LogP contribution in [0.25, 0.3) is 0 Å². The summed E-state index contributed by atoms with van der Waals surface area (Å²) in [6.45, 7) is 4.85. The van der Waals surface area contributed by atoms with Crippen molar-refractivity contribution in [3.63, 3.8) is 0 Å². The molecule has 2 aliphatic rings. The zero-order valence-corrected chi connectivity index (χ0v) is 10.2. The number of hydrogen-bond donors (Lipinski definition) is 1. The highest BCUT2D eigenvalue weighted by atomic mass is 16.5. The Hall–Kier alpha value is -1.06. The van der Waals surface area contributed by atoms with E-state index < -0.39 is 0 Å². The lowest BCUT2D eigenvalue weighted by molar-refractivity contribution is -0.000239. The molecular weight excluding hydrogens is 212 g/mol. The smallest absolute Gasteiger partial charge is 0.0472 e. The first-order chi connectivity index (χ1) is 8.33. The van der Waals surface area contributed by atoms with Crippen LogP contribution in [0.3, 0.4) is 0 Å². The number of benzene rings is 1. The van der Waals surface area contributed by atoms with E-state index in [4.69, 9.17) is 10.5 Å². The van der Waals surface area contributed by atoms with E-state index >= 15 is 0 Å². The molecule has 0 aliphatic carbocycles. The van der Waals surface area contributed by atoms with Gasteiger partial charge in [-0.2, -0.15) is 0 Å². The SMILES string of the molecule is NCc1ccccc1N1CC2(CCOCC2)C1. The van der Waals surface area contributed by atoms with E-state index in [0.717, 1.165) is 13.2 Å². The molecule has 2 saturated heterocycles. The first kappa shape index (κ1) is 11.1. The summed E-state index contributed by atoms with van der Waals surface area (Å²) < 4.78 is 5.45. The molecule has 1 aromatic carbocycles. The number of ether oxygens (including phenoxy) is 1. The Morgan fingerprint density at radius 2 is 1.88 bits per heavy atom. The van der Waals surface area contributed by atoms with Gasteiger partial charge in [-0.25, -0.2) is 0 Å². The van der Waals surface area contributed by atoms with Crippen LogP contribution in [0.2, 0.25) is 0 Å². The van der Waals surface area contributed by atoms with Crippen molar-refractivity contribution in [2.75, 3.05) is 31.2 Å². The van der Waals surface area contributed by atoms with Crippen LogP contribution in [0.1, 0.15) is 18.4 Å². The first-order valence-corrected chi connectivity index (χ1v) is 6.44. The van der Waals surface area contributed by atoms with Crippen LogP contribution in [0.5, 0.6) is 0 Å². The standard InChI is InChI=1S/C14H20N2O/c15-9-12-3-1-2-4-13(12)16-10-14(11-16)5-7-17-8-6-14/h1-4H,5-11,15H2. The molecule has 3 heteroatoms. The molecule has 0 unspecified atom stereocenters. The first-order valence-electron chi connectivity index (χ1n) is 6.44. The number of hydrogen-bond acceptors (Lipinski definition) is 3. The summed E-state index contributed by atoms with van der Waals surface area (Å²) in [7, 11) is 0. The van der Waals surface area contributed by atoms with Crippen molar-refractivity contribution in [1.29, 1.82) is 0 Å². The highest BCUT2D eigenvalue weighted by Gasteiger charge is 2.44. The number of nitrogens with zero attached hydrogens (tertiary/aromatic N) is 1. The van der Waals surface area contributed by atoms with Gasteiger partial charge in [-0.3, -0.25) is 0 Å². The van der Waals surface area contributed by atoms with Crippen molar-refractivity contribution < 1.29 is 4.74 Å². The van der Waals surface area contributed by atoms with Crippen LogP contribution < -0.4 is 10.6 Å². The quantitative estimate of drug-likeness (QED) is 0.844. The predicted octanol–water partition coefficient (Wildman–Crippen LogP) is 1.76. The summed E-state index contributed by atoms with van der Waals surface area (Å²) in [4.78, 5) is 2.47. The molecule has 0 amide bonds. The van der Waals surface area contributed by atoms with Crippen LogP contribution in [0.4, 0.5) is 5.69 Å². The van der Waals surface area contributed by atoms with Crippen LogP contribution in [-0.2, 0) is 11.3 Å². The zero-order valence-electron chi connectivity index (χ0n) is 10.2. The zero-order chi connectivity index (χ0) is 11.7. The van der Waals surface area contributed by atoms with E-state index in [-0.39, 0.29) is 0 Å². The minimum Gasteiger partial charge on any atom is -0.381 e. The van der Waals surface area contributed by atoms with E-state index in [1.54, 1.807) is 0 Å². The second kappa shape index (κ2) is 4.31. The van der Waals surface area contributed by atoms with E-state index in [2.05, 4.69) is 29.2 Å². The molecule has 0 radical (unpaired) electrons. The van der Waals surface area contributed by atoms with Crippen LogP contribution in [-0.4, -0.2) is 26.3 Å². The van der Waals surface area contributed by atoms with E-state index in [1.807, 2.05) is 0 Å². The third kappa shape index (κ3) is 1.94. The Kier molecular flexibility index (Phi) is 2.81. The van der Waals surface area contributed by atoms with Crippen molar-refractivity contribution in [2.45, 2.75) is 19.4 Å². The van der Waals surface area contributed by atoms with E-state index in [1.165, 1.54) is 37.2 Å². The summed E-state index contributed by atoms with van der Waals surface area (Å²) in [5.74, 6) is 0. The highest BCUT2D eigenvalue weighted by Crippen LogP contribution is 2.42. The summed E-state index contributed by atoms with van der Waals surface area (Å²) in [5, 5.41) is 0. The average Bonchev–Trinajstić information content (AvgIpc) is 2.37. The van der Waals surface area contributed by atoms with Crippen LogP contribution >= 0.6 is 0 Å². The number of rotatable bonds is 2. The maximum atomic E-state index is 5.79. The molecule has 17 heavy (non-hydrogen) atoms. The van der Waals surface area contributed by atoms with Gasteiger partial charge in [-0.1, -0.05) is 18.2 Å². The van der Waals surface area contributed by atoms with Crippen molar-refractivity contribution in [1.82, 2.24) is 0 Å². The topological polar surface area (TPSA) is 38.5 Å². The molecule has 0 aromatic heterocycles. The maximum absolute atomic E-state index is 5.79. The number of anilines is 1. The monoisotopic (exact) mass is 232 g/mol. The Balaban J connectivity index is 1.72. The molecule has 0 saturated carbocycles. The number of para-hydroxylation sites is 1. The average molecular weight is 232 g/mol. The minimum absolute atomic E-state index is 0.528. The third-order valence-electron chi connectivity index (χ3n) is 4.16. The van der Waals surface area contributed by atoms with Gasteiger partial charge in [0.25, 0.3) is 0 Å². The molecule has 3 nitrogen and oxygen atoms in total. The Morgan fingerprint density at radius 3 is 2.59 bits per heavy atom. The van der Waals surface area contributed by atoms with Gasteiger partial charge in [0.1, 0.15) is 0 Å². The summed E-state index contributed by atoms with van der Waals surface area (Å²) >= 11 is 0. The minimum atomic E-state index is 0.528. The summed E-state index contributed by atoms with van der Waals surface area (Å²) in [6.07, 6.45) is 2.43. The Labute approximate surface area is 103 Å². The molecule has 3 rings (SSSR count). The van der Waals surface area contributed by atoms with Gasteiger partial charge in [0.15, 0.2) is 0 Å². The number of nitrogens with two attached hydrogens (primary N) is 1. The lowest BCUT2D eigenvalue weighted by Crippen LogP contribution is -2.58. The van der Waals surface area contributed by atoms with Crippen molar-refractivity contribution in [3.8, 4) is 0 Å². The van der Waals surface area contributed by atoms with Gasteiger partial charge in [-0.15, -0.1) is 0 Å². The highest BCUT2D eigenvalue weighted by molar-refractivity contribution is 5.56. The molecule has 92 valence electrons. The third-order valence-corrected chi connectivity index (χ3v) is 4.16. The fraction of sp³-hybridized carbons (Fsp3) is 0.571. The lowest BCUT2D eigenvalue weighted by Gasteiger charge is -2.53. The lowest BCUT2D eigenvalue weighted by atomic mass is 9.73. The van der Waals surface area contributed by atoms with Crippen molar-refractivity contribution in [2.24, 2.45) is 11.1 Å². The van der Waals surface area contributed by atoms with Gasteiger partial charge in [0, 0.05) is 44.0 Å². The molecule has 1 aromatic rings. The van der Waals surface area contributed by atoms with E-state index in [0.29, 0.717) is 12.0 Å². The second-order valence-electron chi connectivity index (χ2n) is 5.30. The molecule has 0 atom stereocenters. The van der Waals surface area contributed by atoms with Gasteiger partial charge >= 0.3 is 0 Å². The molecule has 1 spiro atoms. The molecule has 2 N–H and O–H groups in total. The van der Waals surface area contributed by atoms with Gasteiger partial charge in [0.2, 0.25) is 0 Å². The molecule has 2 aliphatic heterocycles. The van der Waals surface area contributed by atoms with Gasteiger partial charge < -0.3 is 15.4 Å². The van der Waals surface area contributed by atoms with Crippen LogP contribution in [0.15, 0.2) is 24.3 Å². The molecular formula is C14H20N2O. The van der Waals surface area contributed by atoms with Gasteiger partial charge in [-0.05, 0) is 24.5 Å². The van der Waals surface area contributed by atoms with E-state index in [9.17, 15) is 0 Å². The van der Waals surface area contributed by atoms with Crippen molar-refractivity contribution >= 4 is 5.69 Å². The van der Waals surface area contributed by atoms with Crippen LogP contribution in [0, 0.1) is 5.41 Å². The molecule has 0 bridgehead atoms. The Morgan fingerprint density at radius 1 is 1.18 bits per heavy atom. The molecule has 2 fully saturated rings. The van der Waals surface area contributed by atoms with Crippen molar-refractivity contribution in [3.05, 3.63) is 29.8 Å². The maximum Gasteiger partial charge on any atom is 0.0472 e. The normalized spacial score (nSPS) is 22.5. The fourth-order valence-electron chi connectivity index (χ4n) is 3.05. The Bertz CT molecular complexity index is 391. The predicted molar refractivity (Wildman–Crippen MR) is 69.0 cm³/mol. The largest absolute Gasteiger partial charge is 0.381 e.